The maximum atomic E-state index is 11.4. The predicted octanol–water partition coefficient (Wildman–Crippen LogP) is -3.49. The second-order valence-electron chi connectivity index (χ2n) is 4.39. The number of hydrogen-bond acceptors (Lipinski definition) is 9. The summed E-state index contributed by atoms with van der Waals surface area (Å²) >= 11 is 0. The molecule has 0 aliphatic carbocycles. The highest BCUT2D eigenvalue weighted by Gasteiger charge is 2.43. The van der Waals surface area contributed by atoms with E-state index in [0.717, 1.165) is 23.9 Å². The van der Waals surface area contributed by atoms with Gasteiger partial charge >= 0.3 is 11.7 Å². The van der Waals surface area contributed by atoms with E-state index in [2.05, 4.69) is 4.74 Å². The number of ether oxygens (including phenoxy) is 2. The lowest BCUT2D eigenvalue weighted by Crippen LogP contribution is -2.37. The van der Waals surface area contributed by atoms with E-state index >= 15 is 0 Å². The first-order valence-electron chi connectivity index (χ1n) is 6.32. The molecule has 0 radical (unpaired) electrons. The van der Waals surface area contributed by atoms with Gasteiger partial charge in [0, 0.05) is 12.3 Å². The molecule has 128 valence electrons. The van der Waals surface area contributed by atoms with Gasteiger partial charge in [0.15, 0.2) is 6.23 Å². The SMILES string of the molecule is COC(=O)C=O.O=c1ccn([C@@H]2O[C@H](CO)[C@@H](O)[C@H]2O)c(=O)[nH]1. The molecule has 11 heteroatoms. The predicted molar refractivity (Wildman–Crippen MR) is 72.4 cm³/mol. The number of aromatic amines is 1. The third kappa shape index (κ3) is 4.56. The molecule has 4 atom stereocenters. The van der Waals surface area contributed by atoms with Crippen LogP contribution < -0.4 is 11.2 Å². The number of hydrogen-bond donors (Lipinski definition) is 4. The molecule has 4 N–H and O–H groups in total. The van der Waals surface area contributed by atoms with Crippen LogP contribution in [-0.2, 0) is 19.1 Å². The van der Waals surface area contributed by atoms with Crippen LogP contribution in [0.5, 0.6) is 0 Å². The fraction of sp³-hybridized carbons (Fsp3) is 0.500. The molecule has 1 aromatic heterocycles. The topological polar surface area (TPSA) is 168 Å². The second kappa shape index (κ2) is 8.33. The van der Waals surface area contributed by atoms with Crippen LogP contribution in [0.1, 0.15) is 6.23 Å². The van der Waals surface area contributed by atoms with Crippen LogP contribution in [0.2, 0.25) is 0 Å². The molecule has 1 aliphatic heterocycles. The Hall–Kier alpha value is -2.34. The van der Waals surface area contributed by atoms with Gasteiger partial charge in [-0.15, -0.1) is 0 Å². The van der Waals surface area contributed by atoms with Gasteiger partial charge in [0.25, 0.3) is 5.56 Å². The molecule has 0 bridgehead atoms. The van der Waals surface area contributed by atoms with Crippen LogP contribution in [0.3, 0.4) is 0 Å². The maximum absolute atomic E-state index is 11.4. The smallest absolute Gasteiger partial charge is 0.371 e. The molecule has 0 spiro atoms. The number of carbonyl (C=O) groups excluding carboxylic acids is 2. The minimum absolute atomic E-state index is 0.111. The average Bonchev–Trinajstić information content (AvgIpc) is 2.82. The minimum Gasteiger partial charge on any atom is -0.463 e. The monoisotopic (exact) mass is 332 g/mol. The summed E-state index contributed by atoms with van der Waals surface area (Å²) in [6, 6.07) is 1.09. The number of aldehydes is 1. The summed E-state index contributed by atoms with van der Waals surface area (Å²) in [4.78, 5) is 43.2. The number of carbonyl (C=O) groups is 2. The van der Waals surface area contributed by atoms with E-state index in [1.54, 1.807) is 0 Å². The fourth-order valence-electron chi connectivity index (χ4n) is 1.79. The molecular weight excluding hydrogens is 316 g/mol. The third-order valence-corrected chi connectivity index (χ3v) is 2.94. The highest BCUT2D eigenvalue weighted by Crippen LogP contribution is 2.27. The summed E-state index contributed by atoms with van der Waals surface area (Å²) in [7, 11) is 1.15. The molecular formula is C12H16N2O9. The van der Waals surface area contributed by atoms with Crippen molar-refractivity contribution in [1.82, 2.24) is 9.55 Å². The summed E-state index contributed by atoms with van der Waals surface area (Å²) in [5, 5.41) is 28.1. The standard InChI is InChI=1S/C9H12N2O6.C3H4O3/c12-3-4-6(14)7(15)8(17-4)11-2-1-5(13)10-9(11)16;1-6-3(5)2-4/h1-2,4,6-8,12,14-15H,3H2,(H,10,13,16);2H,1H3/t4-,6-,7-,8-;/m1./s1. The van der Waals surface area contributed by atoms with Crippen molar-refractivity contribution in [3.8, 4) is 0 Å². The van der Waals surface area contributed by atoms with Crippen molar-refractivity contribution in [1.29, 1.82) is 0 Å². The lowest BCUT2D eigenvalue weighted by atomic mass is 10.1. The Morgan fingerprint density at radius 3 is 2.48 bits per heavy atom. The maximum Gasteiger partial charge on any atom is 0.371 e. The number of esters is 1. The molecule has 11 nitrogen and oxygen atoms in total. The van der Waals surface area contributed by atoms with Crippen LogP contribution in [0.15, 0.2) is 21.9 Å². The number of nitrogens with one attached hydrogen (secondary N) is 1. The second-order valence-corrected chi connectivity index (χ2v) is 4.39. The van der Waals surface area contributed by atoms with Crippen molar-refractivity contribution in [2.45, 2.75) is 24.5 Å². The Morgan fingerprint density at radius 1 is 1.43 bits per heavy atom. The van der Waals surface area contributed by atoms with Gasteiger partial charge in [-0.3, -0.25) is 19.1 Å². The molecule has 23 heavy (non-hydrogen) atoms. The van der Waals surface area contributed by atoms with Crippen molar-refractivity contribution in [2.24, 2.45) is 0 Å². The summed E-state index contributed by atoms with van der Waals surface area (Å²) in [5.74, 6) is -0.838. The van der Waals surface area contributed by atoms with Crippen molar-refractivity contribution in [3.05, 3.63) is 33.1 Å². The molecule has 1 aliphatic rings. The van der Waals surface area contributed by atoms with E-state index in [1.807, 2.05) is 4.98 Å². The van der Waals surface area contributed by atoms with Gasteiger partial charge < -0.3 is 24.8 Å². The molecule has 1 saturated heterocycles. The van der Waals surface area contributed by atoms with Crippen LogP contribution in [0.4, 0.5) is 0 Å². The molecule has 2 heterocycles. The van der Waals surface area contributed by atoms with E-state index in [9.17, 15) is 29.4 Å². The Bertz CT molecular complexity index is 652. The van der Waals surface area contributed by atoms with Gasteiger partial charge in [-0.25, -0.2) is 9.59 Å². The number of rotatable bonds is 3. The normalized spacial score (nSPS) is 26.1. The van der Waals surface area contributed by atoms with Crippen molar-refractivity contribution in [3.63, 3.8) is 0 Å². The van der Waals surface area contributed by atoms with Gasteiger partial charge in [0.2, 0.25) is 6.29 Å². The summed E-state index contributed by atoms with van der Waals surface area (Å²) < 4.78 is 9.97. The first-order valence-corrected chi connectivity index (χ1v) is 6.32. The molecule has 1 fully saturated rings. The van der Waals surface area contributed by atoms with E-state index in [0.29, 0.717) is 0 Å². The molecule has 1 aromatic rings. The van der Waals surface area contributed by atoms with E-state index < -0.39 is 48.4 Å². The lowest BCUT2D eigenvalue weighted by molar-refractivity contribution is -0.146. The summed E-state index contributed by atoms with van der Waals surface area (Å²) in [6.45, 7) is -0.479. The van der Waals surface area contributed by atoms with Crippen LogP contribution in [0, 0.1) is 0 Å². The van der Waals surface area contributed by atoms with Crippen LogP contribution in [-0.4, -0.2) is 69.2 Å². The van der Waals surface area contributed by atoms with Gasteiger partial charge in [-0.2, -0.15) is 0 Å². The first kappa shape index (κ1) is 18.7. The average molecular weight is 332 g/mol. The quantitative estimate of drug-likeness (QED) is 0.249. The zero-order valence-corrected chi connectivity index (χ0v) is 12.0. The Balaban J connectivity index is 0.000000379. The van der Waals surface area contributed by atoms with Gasteiger partial charge in [-0.05, 0) is 0 Å². The largest absolute Gasteiger partial charge is 0.463 e. The van der Waals surface area contributed by atoms with Crippen molar-refractivity contribution in [2.75, 3.05) is 13.7 Å². The number of aliphatic hydroxyl groups excluding tert-OH is 3. The van der Waals surface area contributed by atoms with E-state index in [4.69, 9.17) is 9.84 Å². The van der Waals surface area contributed by atoms with Crippen molar-refractivity contribution >= 4 is 12.3 Å². The summed E-state index contributed by atoms with van der Waals surface area (Å²) in [5.41, 5.74) is -1.33. The minimum atomic E-state index is -1.35. The van der Waals surface area contributed by atoms with Crippen molar-refractivity contribution < 1.29 is 34.4 Å². The summed E-state index contributed by atoms with van der Waals surface area (Å²) in [6.07, 6.45) is -3.47. The van der Waals surface area contributed by atoms with Crippen LogP contribution >= 0.6 is 0 Å². The van der Waals surface area contributed by atoms with E-state index in [1.165, 1.54) is 0 Å². The Kier molecular flexibility index (Phi) is 6.78. The lowest BCUT2D eigenvalue weighted by Gasteiger charge is -2.16. The van der Waals surface area contributed by atoms with Gasteiger partial charge in [0.1, 0.15) is 18.3 Å². The van der Waals surface area contributed by atoms with E-state index in [-0.39, 0.29) is 6.29 Å². The molecule has 2 rings (SSSR count). The number of H-pyrrole nitrogens is 1. The van der Waals surface area contributed by atoms with Gasteiger partial charge in [-0.1, -0.05) is 0 Å². The zero-order valence-electron chi connectivity index (χ0n) is 12.0. The number of aliphatic hydroxyl groups is 3. The Morgan fingerprint density at radius 2 is 2.09 bits per heavy atom. The number of nitrogens with zero attached hydrogens (tertiary/aromatic N) is 1. The number of aromatic nitrogens is 2. The fourth-order valence-corrected chi connectivity index (χ4v) is 1.79. The third-order valence-electron chi connectivity index (χ3n) is 2.94. The molecule has 0 aromatic carbocycles. The van der Waals surface area contributed by atoms with Crippen LogP contribution in [0.25, 0.3) is 0 Å². The highest BCUT2D eigenvalue weighted by molar-refractivity contribution is 6.20. The highest BCUT2D eigenvalue weighted by atomic mass is 16.6. The molecule has 0 saturated carbocycles. The molecule has 0 amide bonds. The molecule has 0 unspecified atom stereocenters. The van der Waals surface area contributed by atoms with Gasteiger partial charge in [0.05, 0.1) is 13.7 Å². The zero-order chi connectivity index (χ0) is 17.6. The Labute approximate surface area is 128 Å². The first-order chi connectivity index (χ1) is 10.8. The number of methoxy groups -OCH3 is 1.